The summed E-state index contributed by atoms with van der Waals surface area (Å²) in [5.74, 6) is 0. The fourth-order valence-electron chi connectivity index (χ4n) is 1.31. The summed E-state index contributed by atoms with van der Waals surface area (Å²) >= 11 is 3.43. The molecule has 0 saturated carbocycles. The summed E-state index contributed by atoms with van der Waals surface area (Å²) in [5, 5.41) is 0. The van der Waals surface area contributed by atoms with Crippen molar-refractivity contribution in [2.24, 2.45) is 5.73 Å². The molecule has 0 aromatic heterocycles. The number of hydrogen-bond donors (Lipinski definition) is 1. The first-order valence-corrected chi connectivity index (χ1v) is 5.53. The van der Waals surface area contributed by atoms with Gasteiger partial charge in [0.05, 0.1) is 12.2 Å². The van der Waals surface area contributed by atoms with Crippen molar-refractivity contribution < 1.29 is 4.74 Å². The van der Waals surface area contributed by atoms with Gasteiger partial charge in [-0.2, -0.15) is 0 Å². The van der Waals surface area contributed by atoms with Crippen molar-refractivity contribution in [1.82, 2.24) is 0 Å². The molecule has 0 heterocycles. The molecule has 0 bridgehead atoms. The molecule has 0 saturated heterocycles. The van der Waals surface area contributed by atoms with Crippen molar-refractivity contribution in [2.45, 2.75) is 26.1 Å². The Morgan fingerprint density at radius 2 is 2.14 bits per heavy atom. The smallest absolute Gasteiger partial charge is 0.0950 e. The number of halogens is 1. The van der Waals surface area contributed by atoms with Gasteiger partial charge < -0.3 is 10.5 Å². The Labute approximate surface area is 93.6 Å². The summed E-state index contributed by atoms with van der Waals surface area (Å²) in [6.45, 7) is 4.54. The Kier molecular flexibility index (Phi) is 4.58. The maximum atomic E-state index is 5.69. The minimum absolute atomic E-state index is 0.00694. The number of hydrogen-bond acceptors (Lipinski definition) is 2. The van der Waals surface area contributed by atoms with E-state index in [0.717, 1.165) is 10.0 Å². The highest BCUT2D eigenvalue weighted by Gasteiger charge is 2.11. The summed E-state index contributed by atoms with van der Waals surface area (Å²) in [6.07, 6.45) is 0.190. The molecule has 0 spiro atoms. The van der Waals surface area contributed by atoms with Gasteiger partial charge in [0, 0.05) is 11.0 Å². The molecule has 0 aliphatic rings. The Morgan fingerprint density at radius 3 is 2.64 bits per heavy atom. The lowest BCUT2D eigenvalue weighted by Crippen LogP contribution is -2.19. The van der Waals surface area contributed by atoms with E-state index in [1.165, 1.54) is 0 Å². The minimum atomic E-state index is -0.00694. The van der Waals surface area contributed by atoms with Crippen molar-refractivity contribution in [3.8, 4) is 0 Å². The van der Waals surface area contributed by atoms with E-state index >= 15 is 0 Å². The molecule has 1 aromatic carbocycles. The van der Waals surface area contributed by atoms with Crippen LogP contribution >= 0.6 is 15.9 Å². The van der Waals surface area contributed by atoms with Crippen molar-refractivity contribution >= 4 is 15.9 Å². The third kappa shape index (κ3) is 3.40. The highest BCUT2D eigenvalue weighted by Crippen LogP contribution is 2.21. The summed E-state index contributed by atoms with van der Waals surface area (Å²) in [4.78, 5) is 0. The number of nitrogens with two attached hydrogens (primary N) is 1. The van der Waals surface area contributed by atoms with Crippen LogP contribution in [0.3, 0.4) is 0 Å². The van der Waals surface area contributed by atoms with Gasteiger partial charge in [0.25, 0.3) is 0 Å². The van der Waals surface area contributed by atoms with Crippen LogP contribution in [0.25, 0.3) is 0 Å². The van der Waals surface area contributed by atoms with Gasteiger partial charge in [-0.1, -0.05) is 28.1 Å². The van der Waals surface area contributed by atoms with Gasteiger partial charge in [0.15, 0.2) is 0 Å². The molecule has 1 aromatic rings. The molecule has 2 nitrogen and oxygen atoms in total. The molecular weight excluding hydrogens is 242 g/mol. The predicted molar refractivity (Wildman–Crippen MR) is 62.2 cm³/mol. The molecule has 0 radical (unpaired) electrons. The fourth-order valence-corrected chi connectivity index (χ4v) is 1.72. The predicted octanol–water partition coefficient (Wildman–Crippen LogP) is 2.87. The molecule has 0 aliphatic carbocycles. The monoisotopic (exact) mass is 257 g/mol. The van der Waals surface area contributed by atoms with Crippen LogP contribution in [0.4, 0.5) is 0 Å². The van der Waals surface area contributed by atoms with Crippen molar-refractivity contribution in [1.29, 1.82) is 0 Å². The Balaban J connectivity index is 2.78. The second kappa shape index (κ2) is 5.49. The molecule has 3 heteroatoms. The highest BCUT2D eigenvalue weighted by molar-refractivity contribution is 9.10. The normalized spacial score (nSPS) is 13.2. The SMILES string of the molecule is CC(C)OC(CN)c1cccc(Br)c1. The van der Waals surface area contributed by atoms with Crippen LogP contribution in [0.5, 0.6) is 0 Å². The topological polar surface area (TPSA) is 35.2 Å². The van der Waals surface area contributed by atoms with Gasteiger partial charge in [-0.05, 0) is 31.5 Å². The molecule has 0 aliphatic heterocycles. The standard InChI is InChI=1S/C11H16BrNO/c1-8(2)14-11(7-13)9-4-3-5-10(12)6-9/h3-6,8,11H,7,13H2,1-2H3. The van der Waals surface area contributed by atoms with Gasteiger partial charge in [0.2, 0.25) is 0 Å². The Morgan fingerprint density at radius 1 is 1.43 bits per heavy atom. The van der Waals surface area contributed by atoms with Crippen LogP contribution in [0, 0.1) is 0 Å². The second-order valence-corrected chi connectivity index (χ2v) is 4.38. The highest BCUT2D eigenvalue weighted by atomic mass is 79.9. The molecule has 1 rings (SSSR count). The molecule has 2 N–H and O–H groups in total. The van der Waals surface area contributed by atoms with Gasteiger partial charge in [-0.3, -0.25) is 0 Å². The molecule has 0 amide bonds. The summed E-state index contributed by atoms with van der Waals surface area (Å²) in [5.41, 5.74) is 6.78. The van der Waals surface area contributed by atoms with E-state index in [0.29, 0.717) is 6.54 Å². The zero-order valence-electron chi connectivity index (χ0n) is 8.53. The lowest BCUT2D eigenvalue weighted by atomic mass is 10.1. The Hall–Kier alpha value is -0.380. The summed E-state index contributed by atoms with van der Waals surface area (Å²) in [7, 11) is 0. The minimum Gasteiger partial charge on any atom is -0.370 e. The van der Waals surface area contributed by atoms with Crippen LogP contribution in [0.2, 0.25) is 0 Å². The first-order valence-electron chi connectivity index (χ1n) is 4.74. The number of rotatable bonds is 4. The maximum Gasteiger partial charge on any atom is 0.0950 e. The fraction of sp³-hybridized carbons (Fsp3) is 0.455. The van der Waals surface area contributed by atoms with Crippen LogP contribution in [-0.4, -0.2) is 12.6 Å². The van der Waals surface area contributed by atoms with E-state index in [-0.39, 0.29) is 12.2 Å². The largest absolute Gasteiger partial charge is 0.370 e. The van der Waals surface area contributed by atoms with Gasteiger partial charge >= 0.3 is 0 Å². The zero-order chi connectivity index (χ0) is 10.6. The molecule has 1 atom stereocenters. The van der Waals surface area contributed by atoms with Crippen LogP contribution in [0.1, 0.15) is 25.5 Å². The first kappa shape index (κ1) is 11.7. The quantitative estimate of drug-likeness (QED) is 0.901. The second-order valence-electron chi connectivity index (χ2n) is 3.46. The summed E-state index contributed by atoms with van der Waals surface area (Å²) in [6, 6.07) is 8.06. The zero-order valence-corrected chi connectivity index (χ0v) is 10.1. The van der Waals surface area contributed by atoms with E-state index in [4.69, 9.17) is 10.5 Å². The van der Waals surface area contributed by atoms with Crippen LogP contribution in [-0.2, 0) is 4.74 Å². The lowest BCUT2D eigenvalue weighted by Gasteiger charge is -2.19. The van der Waals surface area contributed by atoms with Gasteiger partial charge in [0.1, 0.15) is 0 Å². The van der Waals surface area contributed by atoms with E-state index in [9.17, 15) is 0 Å². The Bertz CT molecular complexity index is 288. The van der Waals surface area contributed by atoms with Crippen LogP contribution in [0.15, 0.2) is 28.7 Å². The van der Waals surface area contributed by atoms with Crippen molar-refractivity contribution in [3.63, 3.8) is 0 Å². The van der Waals surface area contributed by atoms with Gasteiger partial charge in [-0.15, -0.1) is 0 Å². The van der Waals surface area contributed by atoms with Crippen LogP contribution < -0.4 is 5.73 Å². The lowest BCUT2D eigenvalue weighted by molar-refractivity contribution is 0.0119. The average molecular weight is 258 g/mol. The molecule has 14 heavy (non-hydrogen) atoms. The average Bonchev–Trinajstić information content (AvgIpc) is 2.14. The summed E-state index contributed by atoms with van der Waals surface area (Å²) < 4.78 is 6.75. The number of ether oxygens (including phenoxy) is 1. The van der Waals surface area contributed by atoms with Crippen molar-refractivity contribution in [2.75, 3.05) is 6.54 Å². The van der Waals surface area contributed by atoms with Crippen molar-refractivity contribution in [3.05, 3.63) is 34.3 Å². The van der Waals surface area contributed by atoms with E-state index in [2.05, 4.69) is 15.9 Å². The molecule has 1 unspecified atom stereocenters. The third-order valence-electron chi connectivity index (χ3n) is 1.87. The molecule has 0 fully saturated rings. The maximum absolute atomic E-state index is 5.69. The van der Waals surface area contributed by atoms with Gasteiger partial charge in [-0.25, -0.2) is 0 Å². The number of benzene rings is 1. The first-order chi connectivity index (χ1) is 6.63. The third-order valence-corrected chi connectivity index (χ3v) is 2.36. The van der Waals surface area contributed by atoms with E-state index in [1.54, 1.807) is 0 Å². The molecule has 78 valence electrons. The van der Waals surface area contributed by atoms with E-state index in [1.807, 2.05) is 38.1 Å². The molecular formula is C11H16BrNO. The van der Waals surface area contributed by atoms with E-state index < -0.39 is 0 Å².